The molecule has 0 spiro atoms. The van der Waals surface area contributed by atoms with Gasteiger partial charge in [-0.05, 0) is 25.7 Å². The van der Waals surface area contributed by atoms with Crippen molar-refractivity contribution in [1.82, 2.24) is 0 Å². The van der Waals surface area contributed by atoms with Crippen LogP contribution < -0.4 is 0 Å². The Morgan fingerprint density at radius 3 is 1.48 bits per heavy atom. The molecule has 0 aromatic carbocycles. The van der Waals surface area contributed by atoms with Crippen LogP contribution in [0.15, 0.2) is 12.2 Å². The Hall–Kier alpha value is -0.440. The minimum absolute atomic E-state index is 0.0606. The Labute approximate surface area is 188 Å². The molecule has 0 amide bonds. The summed E-state index contributed by atoms with van der Waals surface area (Å²) in [4.78, 5) is 11.3. The fourth-order valence-corrected chi connectivity index (χ4v) is 3.79. The highest BCUT2D eigenvalue weighted by Gasteiger charge is 2.01. The maximum Gasteiger partial charge on any atom is 0.305 e. The van der Waals surface area contributed by atoms with Crippen molar-refractivity contribution in [2.24, 2.45) is 0 Å². The monoisotopic (exact) mass is 426 g/mol. The second kappa shape index (κ2) is 25.6. The quantitative estimate of drug-likeness (QED) is 0.0764. The van der Waals surface area contributed by atoms with Crippen molar-refractivity contribution in [3.63, 3.8) is 0 Å². The molecule has 3 heteroatoms. The van der Waals surface area contributed by atoms with E-state index in [2.05, 4.69) is 31.7 Å². The number of carbonyl (C=O) groups excluding carboxylic acids is 1. The lowest BCUT2D eigenvalue weighted by atomic mass is 10.0. The Morgan fingerprint density at radius 1 is 0.655 bits per heavy atom. The second-order valence-electron chi connectivity index (χ2n) is 8.37. The van der Waals surface area contributed by atoms with Gasteiger partial charge in [-0.3, -0.25) is 4.79 Å². The topological polar surface area (TPSA) is 26.3 Å². The number of rotatable bonds is 23. The van der Waals surface area contributed by atoms with Gasteiger partial charge in [0, 0.05) is 12.2 Å². The predicted octanol–water partition coefficient (Wildman–Crippen LogP) is 8.84. The first-order valence-electron chi connectivity index (χ1n) is 12.7. The maximum absolute atomic E-state index is 11.3. The number of esters is 1. The van der Waals surface area contributed by atoms with Crippen molar-refractivity contribution in [1.29, 1.82) is 0 Å². The Balaban J connectivity index is 3.06. The lowest BCUT2D eigenvalue weighted by Crippen LogP contribution is -2.06. The molecule has 0 atom stereocenters. The predicted molar refractivity (Wildman–Crippen MR) is 132 cm³/mol. The van der Waals surface area contributed by atoms with Gasteiger partial charge in [0.15, 0.2) is 0 Å². The van der Waals surface area contributed by atoms with Crippen molar-refractivity contribution < 1.29 is 9.53 Å². The molecule has 0 N–H and O–H groups in total. The Kier molecular flexibility index (Phi) is 25.2. The van der Waals surface area contributed by atoms with Crippen LogP contribution in [-0.2, 0) is 9.53 Å². The van der Waals surface area contributed by atoms with E-state index in [0.29, 0.717) is 18.8 Å². The smallest absolute Gasteiger partial charge is 0.305 e. The van der Waals surface area contributed by atoms with E-state index in [4.69, 9.17) is 4.74 Å². The third-order valence-corrected chi connectivity index (χ3v) is 5.69. The molecule has 0 aliphatic carbocycles. The number of ether oxygens (including phenoxy) is 1. The molecule has 0 aromatic rings. The first-order valence-corrected chi connectivity index (χ1v) is 13.4. The van der Waals surface area contributed by atoms with Crippen molar-refractivity contribution in [2.45, 2.75) is 135 Å². The molecular weight excluding hydrogens is 376 g/mol. The molecule has 0 radical (unpaired) electrons. The van der Waals surface area contributed by atoms with Crippen LogP contribution in [0, 0.1) is 0 Å². The van der Waals surface area contributed by atoms with Gasteiger partial charge >= 0.3 is 5.97 Å². The number of allylic oxidation sites excluding steroid dienone is 2. The maximum atomic E-state index is 11.3. The summed E-state index contributed by atoms with van der Waals surface area (Å²) in [7, 11) is 0. The highest BCUT2D eigenvalue weighted by molar-refractivity contribution is 7.80. The van der Waals surface area contributed by atoms with Gasteiger partial charge in [-0.1, -0.05) is 115 Å². The summed E-state index contributed by atoms with van der Waals surface area (Å²) in [5.74, 6) is 0.554. The molecule has 0 rings (SSSR count). The van der Waals surface area contributed by atoms with E-state index in [1.54, 1.807) is 0 Å². The van der Waals surface area contributed by atoms with Crippen LogP contribution in [0.4, 0.5) is 0 Å². The summed E-state index contributed by atoms with van der Waals surface area (Å²) < 4.78 is 5.02. The van der Waals surface area contributed by atoms with E-state index < -0.39 is 0 Å². The normalized spacial score (nSPS) is 11.4. The van der Waals surface area contributed by atoms with Gasteiger partial charge in [0.05, 0.1) is 0 Å². The summed E-state index contributed by atoms with van der Waals surface area (Å²) in [5, 5.41) is 0. The van der Waals surface area contributed by atoms with Gasteiger partial charge < -0.3 is 4.74 Å². The van der Waals surface area contributed by atoms with Crippen molar-refractivity contribution in [2.75, 3.05) is 12.4 Å². The van der Waals surface area contributed by atoms with Crippen molar-refractivity contribution in [3.8, 4) is 0 Å². The average Bonchev–Trinajstić information content (AvgIpc) is 2.73. The molecule has 0 saturated heterocycles. The number of unbranched alkanes of at least 4 members (excludes halogenated alkanes) is 17. The lowest BCUT2D eigenvalue weighted by Gasteiger charge is -2.04. The third-order valence-electron chi connectivity index (χ3n) is 5.51. The van der Waals surface area contributed by atoms with Crippen LogP contribution in [0.2, 0.25) is 0 Å². The Bertz CT molecular complexity index is 355. The highest BCUT2D eigenvalue weighted by atomic mass is 32.1. The molecule has 0 fully saturated rings. The standard InChI is InChI=1S/C26H50O2S/c1-2-3-4-5-6-7-8-9-10-11-12-13-14-15-16-17-18-19-20-21-22-23-26(27)28-24-25-29/h3-4,29H,2,5-25H2,1H3/b4-3+. The van der Waals surface area contributed by atoms with Crippen LogP contribution in [0.25, 0.3) is 0 Å². The molecule has 172 valence electrons. The molecule has 0 aliphatic rings. The molecule has 29 heavy (non-hydrogen) atoms. The molecular formula is C26H50O2S. The molecule has 0 heterocycles. The zero-order valence-corrected chi connectivity index (χ0v) is 20.4. The highest BCUT2D eigenvalue weighted by Crippen LogP contribution is 2.14. The van der Waals surface area contributed by atoms with E-state index in [9.17, 15) is 4.79 Å². The molecule has 2 nitrogen and oxygen atoms in total. The first-order chi connectivity index (χ1) is 14.3. The first kappa shape index (κ1) is 28.6. The SMILES string of the molecule is CC/C=C/CCCCCCCCCCCCCCCCCCCC(=O)OCCS. The lowest BCUT2D eigenvalue weighted by molar-refractivity contribution is -0.143. The molecule has 0 saturated carbocycles. The molecule has 0 unspecified atom stereocenters. The zero-order valence-electron chi connectivity index (χ0n) is 19.5. The van der Waals surface area contributed by atoms with E-state index in [-0.39, 0.29) is 5.97 Å². The summed E-state index contributed by atoms with van der Waals surface area (Å²) >= 11 is 4.03. The van der Waals surface area contributed by atoms with Gasteiger partial charge in [-0.15, -0.1) is 0 Å². The molecule has 0 aliphatic heterocycles. The minimum Gasteiger partial charge on any atom is -0.465 e. The van der Waals surface area contributed by atoms with Gasteiger partial charge in [-0.2, -0.15) is 12.6 Å². The summed E-state index contributed by atoms with van der Waals surface area (Å²) in [6, 6.07) is 0. The van der Waals surface area contributed by atoms with Crippen LogP contribution in [0.1, 0.15) is 135 Å². The Morgan fingerprint density at radius 2 is 1.07 bits per heavy atom. The van der Waals surface area contributed by atoms with Gasteiger partial charge in [-0.25, -0.2) is 0 Å². The van der Waals surface area contributed by atoms with E-state index in [1.807, 2.05) is 0 Å². The van der Waals surface area contributed by atoms with E-state index in [1.165, 1.54) is 109 Å². The van der Waals surface area contributed by atoms with Crippen LogP contribution >= 0.6 is 12.6 Å². The van der Waals surface area contributed by atoms with Gasteiger partial charge in [0.1, 0.15) is 6.61 Å². The largest absolute Gasteiger partial charge is 0.465 e. The summed E-state index contributed by atoms with van der Waals surface area (Å²) in [6.45, 7) is 2.65. The van der Waals surface area contributed by atoms with Gasteiger partial charge in [0.25, 0.3) is 0 Å². The summed E-state index contributed by atoms with van der Waals surface area (Å²) in [5.41, 5.74) is 0. The fourth-order valence-electron chi connectivity index (χ4n) is 3.70. The molecule has 0 aromatic heterocycles. The van der Waals surface area contributed by atoms with E-state index in [0.717, 1.165) is 12.8 Å². The van der Waals surface area contributed by atoms with Crippen molar-refractivity contribution in [3.05, 3.63) is 12.2 Å². The van der Waals surface area contributed by atoms with Crippen LogP contribution in [-0.4, -0.2) is 18.3 Å². The number of thiol groups is 1. The van der Waals surface area contributed by atoms with Gasteiger partial charge in [0.2, 0.25) is 0 Å². The minimum atomic E-state index is -0.0606. The molecule has 0 bridgehead atoms. The van der Waals surface area contributed by atoms with Crippen LogP contribution in [0.5, 0.6) is 0 Å². The number of hydrogen-bond acceptors (Lipinski definition) is 3. The number of carbonyl (C=O) groups is 1. The summed E-state index contributed by atoms with van der Waals surface area (Å²) in [6.07, 6.45) is 30.8. The third kappa shape index (κ3) is 25.5. The second-order valence-corrected chi connectivity index (χ2v) is 8.82. The average molecular weight is 427 g/mol. The number of hydrogen-bond donors (Lipinski definition) is 1. The van der Waals surface area contributed by atoms with Crippen molar-refractivity contribution >= 4 is 18.6 Å². The van der Waals surface area contributed by atoms with Crippen LogP contribution in [0.3, 0.4) is 0 Å². The zero-order chi connectivity index (χ0) is 21.3. The fraction of sp³-hybridized carbons (Fsp3) is 0.885. The van der Waals surface area contributed by atoms with E-state index >= 15 is 0 Å².